The summed E-state index contributed by atoms with van der Waals surface area (Å²) in [5.74, 6) is 0. The summed E-state index contributed by atoms with van der Waals surface area (Å²) in [4.78, 5) is 0. The summed E-state index contributed by atoms with van der Waals surface area (Å²) in [7, 11) is -1.80. The van der Waals surface area contributed by atoms with Crippen LogP contribution in [0.4, 0.5) is 0 Å². The van der Waals surface area contributed by atoms with Crippen molar-refractivity contribution in [2.75, 3.05) is 6.61 Å². The lowest BCUT2D eigenvalue weighted by Gasteiger charge is -2.43. The molecule has 0 unspecified atom stereocenters. The number of aliphatic hydroxyl groups is 1. The van der Waals surface area contributed by atoms with E-state index in [4.69, 9.17) is 9.16 Å². The second-order valence-corrected chi connectivity index (χ2v) is 12.2. The summed E-state index contributed by atoms with van der Waals surface area (Å²) in [6, 6.07) is 0. The van der Waals surface area contributed by atoms with Crippen LogP contribution in [0.2, 0.25) is 16.6 Å². The van der Waals surface area contributed by atoms with Crippen LogP contribution < -0.4 is 0 Å². The SMILES string of the molecule is CC(C)[Si](OC[C@@H]1CCC[C@H](O)O1)(C(C)C)C(C)C. The van der Waals surface area contributed by atoms with Gasteiger partial charge in [0.1, 0.15) is 0 Å². The topological polar surface area (TPSA) is 38.7 Å². The van der Waals surface area contributed by atoms with E-state index in [1.807, 2.05) is 0 Å². The first kappa shape index (κ1) is 17.1. The van der Waals surface area contributed by atoms with E-state index in [2.05, 4.69) is 41.5 Å². The highest BCUT2D eigenvalue weighted by Crippen LogP contribution is 2.42. The Morgan fingerprint density at radius 3 is 2.00 bits per heavy atom. The highest BCUT2D eigenvalue weighted by Gasteiger charge is 2.45. The van der Waals surface area contributed by atoms with Crippen molar-refractivity contribution >= 4 is 8.32 Å². The van der Waals surface area contributed by atoms with Crippen LogP contribution in [0.1, 0.15) is 60.8 Å². The van der Waals surface area contributed by atoms with E-state index in [0.29, 0.717) is 23.2 Å². The van der Waals surface area contributed by atoms with E-state index in [1.54, 1.807) is 0 Å². The molecule has 0 aromatic rings. The predicted molar refractivity (Wildman–Crippen MR) is 81.7 cm³/mol. The van der Waals surface area contributed by atoms with Gasteiger partial charge in [-0.2, -0.15) is 0 Å². The van der Waals surface area contributed by atoms with Crippen molar-refractivity contribution in [2.24, 2.45) is 0 Å². The number of rotatable bonds is 6. The number of ether oxygens (including phenoxy) is 1. The molecule has 0 aromatic carbocycles. The summed E-state index contributed by atoms with van der Waals surface area (Å²) >= 11 is 0. The molecule has 19 heavy (non-hydrogen) atoms. The lowest BCUT2D eigenvalue weighted by Crippen LogP contribution is -2.49. The van der Waals surface area contributed by atoms with E-state index >= 15 is 0 Å². The zero-order chi connectivity index (χ0) is 14.6. The maximum Gasteiger partial charge on any atom is 0.200 e. The average Bonchev–Trinajstić information content (AvgIpc) is 2.28. The van der Waals surface area contributed by atoms with Gasteiger partial charge in [0.15, 0.2) is 14.6 Å². The van der Waals surface area contributed by atoms with Gasteiger partial charge >= 0.3 is 0 Å². The standard InChI is InChI=1S/C15H32O3Si/c1-11(2)19(12(3)4,13(5)6)17-10-14-8-7-9-15(16)18-14/h11-16H,7-10H2,1-6H3/t14-,15+/m0/s1. The summed E-state index contributed by atoms with van der Waals surface area (Å²) in [5.41, 5.74) is 1.79. The fourth-order valence-corrected chi connectivity index (χ4v) is 9.21. The molecule has 1 N–H and O–H groups in total. The molecule has 0 spiro atoms. The molecule has 0 radical (unpaired) electrons. The quantitative estimate of drug-likeness (QED) is 0.749. The van der Waals surface area contributed by atoms with Crippen LogP contribution in [0, 0.1) is 0 Å². The van der Waals surface area contributed by atoms with Crippen LogP contribution in [0.25, 0.3) is 0 Å². The number of hydrogen-bond acceptors (Lipinski definition) is 3. The Kier molecular flexibility index (Phi) is 6.50. The number of aliphatic hydroxyl groups excluding tert-OH is 1. The second-order valence-electron chi connectivity index (χ2n) is 6.77. The monoisotopic (exact) mass is 288 g/mol. The van der Waals surface area contributed by atoms with Gasteiger partial charge < -0.3 is 14.3 Å². The van der Waals surface area contributed by atoms with E-state index in [0.717, 1.165) is 19.3 Å². The van der Waals surface area contributed by atoms with Crippen LogP contribution in [0.15, 0.2) is 0 Å². The molecule has 0 saturated carbocycles. The van der Waals surface area contributed by atoms with Crippen LogP contribution >= 0.6 is 0 Å². The largest absolute Gasteiger partial charge is 0.413 e. The Hall–Kier alpha value is 0.0969. The Morgan fingerprint density at radius 2 is 1.58 bits per heavy atom. The molecule has 1 rings (SSSR count). The Bertz CT molecular complexity index is 244. The maximum absolute atomic E-state index is 9.57. The van der Waals surface area contributed by atoms with Crippen molar-refractivity contribution in [2.45, 2.75) is 89.8 Å². The molecule has 4 heteroatoms. The minimum absolute atomic E-state index is 0.0758. The van der Waals surface area contributed by atoms with Crippen molar-refractivity contribution in [3.63, 3.8) is 0 Å². The smallest absolute Gasteiger partial charge is 0.200 e. The van der Waals surface area contributed by atoms with Crippen molar-refractivity contribution < 1.29 is 14.3 Å². The summed E-state index contributed by atoms with van der Waals surface area (Å²) < 4.78 is 12.1. The van der Waals surface area contributed by atoms with Gasteiger partial charge in [-0.25, -0.2) is 0 Å². The first-order chi connectivity index (χ1) is 8.80. The van der Waals surface area contributed by atoms with Crippen molar-refractivity contribution in [1.82, 2.24) is 0 Å². The van der Waals surface area contributed by atoms with Gasteiger partial charge in [-0.3, -0.25) is 0 Å². The highest BCUT2D eigenvalue weighted by atomic mass is 28.4. The molecular formula is C15H32O3Si. The third kappa shape index (κ3) is 4.03. The van der Waals surface area contributed by atoms with Crippen molar-refractivity contribution in [1.29, 1.82) is 0 Å². The van der Waals surface area contributed by atoms with Gasteiger partial charge in [0, 0.05) is 0 Å². The van der Waals surface area contributed by atoms with Crippen LogP contribution in [-0.4, -0.2) is 32.4 Å². The van der Waals surface area contributed by atoms with E-state index in [9.17, 15) is 5.11 Å². The molecule has 3 nitrogen and oxygen atoms in total. The lowest BCUT2D eigenvalue weighted by molar-refractivity contribution is -0.170. The van der Waals surface area contributed by atoms with E-state index < -0.39 is 14.6 Å². The van der Waals surface area contributed by atoms with E-state index in [1.165, 1.54) is 0 Å². The summed E-state index contributed by atoms with van der Waals surface area (Å²) in [6.45, 7) is 14.4. The molecule has 1 aliphatic rings. The van der Waals surface area contributed by atoms with Crippen molar-refractivity contribution in [3.05, 3.63) is 0 Å². The molecule has 0 amide bonds. The fraction of sp³-hybridized carbons (Fsp3) is 1.00. The lowest BCUT2D eigenvalue weighted by atomic mass is 10.1. The third-order valence-corrected chi connectivity index (χ3v) is 10.6. The molecule has 0 aromatic heterocycles. The van der Waals surface area contributed by atoms with Gasteiger partial charge in [0.05, 0.1) is 12.7 Å². The third-order valence-electron chi connectivity index (χ3n) is 4.55. The molecule has 0 bridgehead atoms. The van der Waals surface area contributed by atoms with Crippen LogP contribution in [0.5, 0.6) is 0 Å². The average molecular weight is 289 g/mol. The molecule has 114 valence electrons. The predicted octanol–water partition coefficient (Wildman–Crippen LogP) is 4.07. The molecule has 2 atom stereocenters. The first-order valence-electron chi connectivity index (χ1n) is 7.78. The molecular weight excluding hydrogens is 256 g/mol. The van der Waals surface area contributed by atoms with Crippen LogP contribution in [-0.2, 0) is 9.16 Å². The molecule has 1 saturated heterocycles. The zero-order valence-corrected chi connectivity index (χ0v) is 14.5. The van der Waals surface area contributed by atoms with Gasteiger partial charge in [0.25, 0.3) is 0 Å². The minimum Gasteiger partial charge on any atom is -0.413 e. The normalized spacial score (nSPS) is 25.6. The Balaban J connectivity index is 2.67. The highest BCUT2D eigenvalue weighted by molar-refractivity contribution is 6.77. The maximum atomic E-state index is 9.57. The second kappa shape index (κ2) is 7.20. The van der Waals surface area contributed by atoms with Gasteiger partial charge in [-0.1, -0.05) is 41.5 Å². The Labute approximate surface area is 119 Å². The Morgan fingerprint density at radius 1 is 1.05 bits per heavy atom. The van der Waals surface area contributed by atoms with Gasteiger partial charge in [-0.15, -0.1) is 0 Å². The van der Waals surface area contributed by atoms with Crippen LogP contribution in [0.3, 0.4) is 0 Å². The zero-order valence-electron chi connectivity index (χ0n) is 13.5. The fourth-order valence-electron chi connectivity index (χ4n) is 3.74. The first-order valence-corrected chi connectivity index (χ1v) is 9.92. The molecule has 1 fully saturated rings. The summed E-state index contributed by atoms with van der Waals surface area (Å²) in [5, 5.41) is 9.57. The molecule has 1 heterocycles. The van der Waals surface area contributed by atoms with Crippen molar-refractivity contribution in [3.8, 4) is 0 Å². The van der Waals surface area contributed by atoms with Gasteiger partial charge in [0.2, 0.25) is 0 Å². The number of hydrogen-bond donors (Lipinski definition) is 1. The summed E-state index contributed by atoms with van der Waals surface area (Å²) in [6.07, 6.45) is 2.30. The molecule has 1 aliphatic heterocycles. The minimum atomic E-state index is -1.80. The van der Waals surface area contributed by atoms with E-state index in [-0.39, 0.29) is 6.10 Å². The molecule has 0 aliphatic carbocycles. The van der Waals surface area contributed by atoms with Gasteiger partial charge in [-0.05, 0) is 35.9 Å².